The standard InChI is InChI=1S/C13H17BrN2O/c1-8-2-5-12(11(14)6-8)16-13(17)9-3-4-10(15)7-9/h2,5-6,9-10H,3-4,7,15H2,1H3,(H,16,17). The summed E-state index contributed by atoms with van der Waals surface area (Å²) in [6.07, 6.45) is 2.65. The number of carbonyl (C=O) groups excluding carboxylic acids is 1. The third-order valence-electron chi connectivity index (χ3n) is 3.23. The van der Waals surface area contributed by atoms with Gasteiger partial charge in [-0.3, -0.25) is 4.79 Å². The SMILES string of the molecule is Cc1ccc(NC(=O)C2CCC(N)C2)c(Br)c1. The average Bonchev–Trinajstić information content (AvgIpc) is 2.69. The van der Waals surface area contributed by atoms with Gasteiger partial charge in [0.15, 0.2) is 0 Å². The van der Waals surface area contributed by atoms with Crippen LogP contribution in [0.1, 0.15) is 24.8 Å². The highest BCUT2D eigenvalue weighted by molar-refractivity contribution is 9.10. The van der Waals surface area contributed by atoms with E-state index in [0.29, 0.717) is 0 Å². The van der Waals surface area contributed by atoms with Crippen LogP contribution in [0.15, 0.2) is 22.7 Å². The predicted molar refractivity (Wildman–Crippen MR) is 72.8 cm³/mol. The minimum atomic E-state index is 0.0678. The van der Waals surface area contributed by atoms with E-state index in [1.54, 1.807) is 0 Å². The van der Waals surface area contributed by atoms with Crippen molar-refractivity contribution in [2.24, 2.45) is 11.7 Å². The molecule has 0 bridgehead atoms. The second-order valence-electron chi connectivity index (χ2n) is 4.74. The van der Waals surface area contributed by atoms with Gasteiger partial charge in [0, 0.05) is 16.4 Å². The molecule has 2 atom stereocenters. The number of aryl methyl sites for hydroxylation is 1. The molecule has 1 aliphatic rings. The maximum absolute atomic E-state index is 12.0. The van der Waals surface area contributed by atoms with E-state index >= 15 is 0 Å². The second kappa shape index (κ2) is 5.19. The highest BCUT2D eigenvalue weighted by Crippen LogP contribution is 2.28. The Morgan fingerprint density at radius 2 is 2.24 bits per heavy atom. The molecule has 0 heterocycles. The molecule has 1 aliphatic carbocycles. The van der Waals surface area contributed by atoms with Gasteiger partial charge in [0.1, 0.15) is 0 Å². The molecule has 0 spiro atoms. The van der Waals surface area contributed by atoms with Crippen LogP contribution in [-0.2, 0) is 4.79 Å². The van der Waals surface area contributed by atoms with Crippen LogP contribution >= 0.6 is 15.9 Å². The smallest absolute Gasteiger partial charge is 0.227 e. The molecule has 0 aromatic heterocycles. The first kappa shape index (κ1) is 12.6. The lowest BCUT2D eigenvalue weighted by molar-refractivity contribution is -0.119. The summed E-state index contributed by atoms with van der Waals surface area (Å²) in [5, 5.41) is 2.96. The number of nitrogens with two attached hydrogens (primary N) is 1. The monoisotopic (exact) mass is 296 g/mol. The number of nitrogens with one attached hydrogen (secondary N) is 1. The Labute approximate surface area is 110 Å². The Bertz CT molecular complexity index is 433. The van der Waals surface area contributed by atoms with Crippen LogP contribution in [0.25, 0.3) is 0 Å². The number of carbonyl (C=O) groups is 1. The van der Waals surface area contributed by atoms with E-state index < -0.39 is 0 Å². The summed E-state index contributed by atoms with van der Waals surface area (Å²) in [6, 6.07) is 6.09. The molecule has 1 aromatic carbocycles. The number of amides is 1. The van der Waals surface area contributed by atoms with Crippen LogP contribution in [0.2, 0.25) is 0 Å². The van der Waals surface area contributed by atoms with E-state index in [1.165, 1.54) is 0 Å². The summed E-state index contributed by atoms with van der Waals surface area (Å²) < 4.78 is 0.924. The lowest BCUT2D eigenvalue weighted by Crippen LogP contribution is -2.23. The largest absolute Gasteiger partial charge is 0.328 e. The van der Waals surface area contributed by atoms with Gasteiger partial charge in [-0.15, -0.1) is 0 Å². The summed E-state index contributed by atoms with van der Waals surface area (Å²) in [5.74, 6) is 0.153. The van der Waals surface area contributed by atoms with Gasteiger partial charge in [0.05, 0.1) is 5.69 Å². The van der Waals surface area contributed by atoms with E-state index in [9.17, 15) is 4.79 Å². The first-order chi connectivity index (χ1) is 8.06. The molecule has 2 unspecified atom stereocenters. The fraction of sp³-hybridized carbons (Fsp3) is 0.462. The fourth-order valence-corrected chi connectivity index (χ4v) is 2.80. The number of halogens is 1. The number of rotatable bonds is 2. The van der Waals surface area contributed by atoms with E-state index in [1.807, 2.05) is 25.1 Å². The molecule has 0 radical (unpaired) electrons. The van der Waals surface area contributed by atoms with Crippen molar-refractivity contribution in [3.63, 3.8) is 0 Å². The second-order valence-corrected chi connectivity index (χ2v) is 5.60. The summed E-state index contributed by atoms with van der Waals surface area (Å²) in [5.41, 5.74) is 7.82. The van der Waals surface area contributed by atoms with Gasteiger partial charge in [-0.05, 0) is 59.8 Å². The molecular formula is C13H17BrN2O. The van der Waals surface area contributed by atoms with Crippen LogP contribution < -0.4 is 11.1 Å². The molecule has 1 aromatic rings. The number of anilines is 1. The Hall–Kier alpha value is -0.870. The van der Waals surface area contributed by atoms with Gasteiger partial charge in [0.25, 0.3) is 0 Å². The van der Waals surface area contributed by atoms with E-state index in [-0.39, 0.29) is 17.9 Å². The van der Waals surface area contributed by atoms with Crippen LogP contribution in [0, 0.1) is 12.8 Å². The van der Waals surface area contributed by atoms with Crippen LogP contribution in [0.3, 0.4) is 0 Å². The molecule has 17 heavy (non-hydrogen) atoms. The third kappa shape index (κ3) is 3.07. The third-order valence-corrected chi connectivity index (χ3v) is 3.88. The molecule has 1 amide bonds. The van der Waals surface area contributed by atoms with Crippen molar-refractivity contribution in [2.75, 3.05) is 5.32 Å². The van der Waals surface area contributed by atoms with Crippen molar-refractivity contribution in [1.29, 1.82) is 0 Å². The predicted octanol–water partition coefficient (Wildman–Crippen LogP) is 2.82. The fourth-order valence-electron chi connectivity index (χ4n) is 2.21. The molecule has 4 heteroatoms. The number of hydrogen-bond donors (Lipinski definition) is 2. The van der Waals surface area contributed by atoms with Crippen molar-refractivity contribution in [3.8, 4) is 0 Å². The lowest BCUT2D eigenvalue weighted by atomic mass is 10.1. The molecule has 2 rings (SSSR count). The maximum atomic E-state index is 12.0. The zero-order valence-corrected chi connectivity index (χ0v) is 11.5. The topological polar surface area (TPSA) is 55.1 Å². The van der Waals surface area contributed by atoms with Crippen molar-refractivity contribution >= 4 is 27.5 Å². The van der Waals surface area contributed by atoms with Gasteiger partial charge < -0.3 is 11.1 Å². The van der Waals surface area contributed by atoms with Gasteiger partial charge in [-0.25, -0.2) is 0 Å². The van der Waals surface area contributed by atoms with Crippen molar-refractivity contribution in [3.05, 3.63) is 28.2 Å². The number of hydrogen-bond acceptors (Lipinski definition) is 2. The Balaban J connectivity index is 2.03. The summed E-state index contributed by atoms with van der Waals surface area (Å²) in [7, 11) is 0. The molecule has 1 saturated carbocycles. The van der Waals surface area contributed by atoms with Crippen LogP contribution in [-0.4, -0.2) is 11.9 Å². The van der Waals surface area contributed by atoms with Crippen molar-refractivity contribution in [1.82, 2.24) is 0 Å². The minimum absolute atomic E-state index is 0.0678. The Morgan fingerprint density at radius 1 is 1.47 bits per heavy atom. The first-order valence-corrected chi connectivity index (χ1v) is 6.68. The van der Waals surface area contributed by atoms with Crippen molar-refractivity contribution in [2.45, 2.75) is 32.2 Å². The zero-order chi connectivity index (χ0) is 12.4. The maximum Gasteiger partial charge on any atom is 0.227 e. The lowest BCUT2D eigenvalue weighted by Gasteiger charge is -2.12. The first-order valence-electron chi connectivity index (χ1n) is 5.89. The highest BCUT2D eigenvalue weighted by Gasteiger charge is 2.27. The average molecular weight is 297 g/mol. The highest BCUT2D eigenvalue weighted by atomic mass is 79.9. The van der Waals surface area contributed by atoms with E-state index in [0.717, 1.165) is 35.0 Å². The Morgan fingerprint density at radius 3 is 2.82 bits per heavy atom. The molecular weight excluding hydrogens is 280 g/mol. The zero-order valence-electron chi connectivity index (χ0n) is 9.87. The van der Waals surface area contributed by atoms with Gasteiger partial charge in [-0.2, -0.15) is 0 Å². The molecule has 3 N–H and O–H groups in total. The molecule has 0 saturated heterocycles. The van der Waals surface area contributed by atoms with E-state index in [2.05, 4.69) is 21.2 Å². The summed E-state index contributed by atoms with van der Waals surface area (Å²) in [6.45, 7) is 2.02. The van der Waals surface area contributed by atoms with Crippen molar-refractivity contribution < 1.29 is 4.79 Å². The van der Waals surface area contributed by atoms with E-state index in [4.69, 9.17) is 5.73 Å². The van der Waals surface area contributed by atoms with Crippen LogP contribution in [0.5, 0.6) is 0 Å². The molecule has 0 aliphatic heterocycles. The molecule has 3 nitrogen and oxygen atoms in total. The summed E-state index contributed by atoms with van der Waals surface area (Å²) in [4.78, 5) is 12.0. The number of benzene rings is 1. The van der Waals surface area contributed by atoms with Gasteiger partial charge in [-0.1, -0.05) is 6.07 Å². The van der Waals surface area contributed by atoms with Crippen LogP contribution in [0.4, 0.5) is 5.69 Å². The molecule has 1 fully saturated rings. The summed E-state index contributed by atoms with van der Waals surface area (Å²) >= 11 is 3.46. The molecule has 92 valence electrons. The van der Waals surface area contributed by atoms with Gasteiger partial charge >= 0.3 is 0 Å². The minimum Gasteiger partial charge on any atom is -0.328 e. The normalized spacial score (nSPS) is 23.7. The quantitative estimate of drug-likeness (QED) is 0.882. The Kier molecular flexibility index (Phi) is 3.84. The van der Waals surface area contributed by atoms with Gasteiger partial charge in [0.2, 0.25) is 5.91 Å².